The standard InChI is InChI=1S/C19H31F2NO4/c1-2-3-6-9-16(23)12-11-15-14-19(20,21)18(26)22(15)13-8-5-4-7-10-17(24)25/h11-12,15-16,23H,2-10,13-14H2,1H3,(H,24,25)/b12-11+/t15-,16+/m0/s1. The third kappa shape index (κ3) is 7.81. The van der Waals surface area contributed by atoms with Gasteiger partial charge in [-0.25, -0.2) is 0 Å². The summed E-state index contributed by atoms with van der Waals surface area (Å²) in [6, 6.07) is -0.697. The first-order valence-electron chi connectivity index (χ1n) is 9.55. The van der Waals surface area contributed by atoms with Crippen LogP contribution in [0.5, 0.6) is 0 Å². The molecule has 1 aliphatic heterocycles. The van der Waals surface area contributed by atoms with Gasteiger partial charge in [-0.1, -0.05) is 51.2 Å². The van der Waals surface area contributed by atoms with Crippen LogP contribution in [0.2, 0.25) is 0 Å². The average Bonchev–Trinajstić information content (AvgIpc) is 2.78. The highest BCUT2D eigenvalue weighted by Crippen LogP contribution is 2.34. The van der Waals surface area contributed by atoms with Crippen LogP contribution in [0.15, 0.2) is 12.2 Å². The molecular weight excluding hydrogens is 344 g/mol. The lowest BCUT2D eigenvalue weighted by molar-refractivity contribution is -0.148. The quantitative estimate of drug-likeness (QED) is 0.380. The van der Waals surface area contributed by atoms with Gasteiger partial charge in [-0.15, -0.1) is 0 Å². The molecule has 1 aliphatic rings. The maximum Gasteiger partial charge on any atom is 0.327 e. The van der Waals surface area contributed by atoms with Crippen LogP contribution in [0.4, 0.5) is 8.78 Å². The van der Waals surface area contributed by atoms with E-state index in [0.29, 0.717) is 32.1 Å². The smallest absolute Gasteiger partial charge is 0.327 e. The third-order valence-electron chi connectivity index (χ3n) is 4.64. The van der Waals surface area contributed by atoms with Gasteiger partial charge in [-0.05, 0) is 19.3 Å². The molecule has 0 spiro atoms. The highest BCUT2D eigenvalue weighted by Gasteiger charge is 2.52. The number of nitrogens with zero attached hydrogens (tertiary/aromatic N) is 1. The maximum absolute atomic E-state index is 13.8. The van der Waals surface area contributed by atoms with E-state index >= 15 is 0 Å². The first-order valence-corrected chi connectivity index (χ1v) is 9.55. The number of rotatable bonds is 13. The van der Waals surface area contributed by atoms with E-state index in [4.69, 9.17) is 5.11 Å². The number of carboxylic acid groups (broad SMARTS) is 1. The molecule has 0 bridgehead atoms. The fourth-order valence-electron chi connectivity index (χ4n) is 3.13. The summed E-state index contributed by atoms with van der Waals surface area (Å²) >= 11 is 0. The zero-order valence-corrected chi connectivity index (χ0v) is 15.5. The molecule has 0 radical (unpaired) electrons. The molecule has 0 aromatic heterocycles. The Bertz CT molecular complexity index is 482. The van der Waals surface area contributed by atoms with Crippen LogP contribution >= 0.6 is 0 Å². The molecule has 2 atom stereocenters. The molecule has 1 fully saturated rings. The molecule has 7 heteroatoms. The number of halogens is 2. The number of carbonyl (C=O) groups excluding carboxylic acids is 1. The number of unbranched alkanes of at least 4 members (excludes halogenated alkanes) is 5. The maximum atomic E-state index is 13.8. The summed E-state index contributed by atoms with van der Waals surface area (Å²) in [4.78, 5) is 23.5. The molecule has 0 saturated carbocycles. The van der Waals surface area contributed by atoms with E-state index in [9.17, 15) is 23.5 Å². The summed E-state index contributed by atoms with van der Waals surface area (Å²) in [6.07, 6.45) is 7.94. The molecular formula is C19H31F2NO4. The van der Waals surface area contributed by atoms with Crippen molar-refractivity contribution in [1.82, 2.24) is 4.90 Å². The SMILES string of the molecule is CCCCC[C@@H](O)/C=C/[C@H]1CC(F)(F)C(=O)N1CCCCCCC(=O)O. The van der Waals surface area contributed by atoms with Gasteiger partial charge in [-0.3, -0.25) is 9.59 Å². The first-order chi connectivity index (χ1) is 12.3. The molecule has 150 valence electrons. The Kier molecular flexibility index (Phi) is 9.76. The normalized spacial score (nSPS) is 20.8. The van der Waals surface area contributed by atoms with Crippen molar-refractivity contribution >= 4 is 11.9 Å². The number of aliphatic hydroxyl groups is 1. The number of likely N-dealkylation sites (tertiary alicyclic amines) is 1. The van der Waals surface area contributed by atoms with E-state index in [1.54, 1.807) is 0 Å². The third-order valence-corrected chi connectivity index (χ3v) is 4.64. The van der Waals surface area contributed by atoms with Gasteiger partial charge in [0, 0.05) is 19.4 Å². The van der Waals surface area contributed by atoms with E-state index in [0.717, 1.165) is 19.3 Å². The highest BCUT2D eigenvalue weighted by atomic mass is 19.3. The monoisotopic (exact) mass is 375 g/mol. The lowest BCUT2D eigenvalue weighted by atomic mass is 10.1. The highest BCUT2D eigenvalue weighted by molar-refractivity contribution is 5.86. The van der Waals surface area contributed by atoms with Crippen molar-refractivity contribution in [3.05, 3.63) is 12.2 Å². The average molecular weight is 375 g/mol. The Labute approximate surface area is 154 Å². The summed E-state index contributed by atoms with van der Waals surface area (Å²) in [7, 11) is 0. The number of carboxylic acids is 1. The summed E-state index contributed by atoms with van der Waals surface area (Å²) in [5.41, 5.74) is 0. The van der Waals surface area contributed by atoms with Gasteiger partial charge < -0.3 is 15.1 Å². The number of alkyl halides is 2. The van der Waals surface area contributed by atoms with Crippen molar-refractivity contribution in [3.63, 3.8) is 0 Å². The summed E-state index contributed by atoms with van der Waals surface area (Å²) in [6.45, 7) is 2.29. The van der Waals surface area contributed by atoms with E-state index in [2.05, 4.69) is 6.92 Å². The van der Waals surface area contributed by atoms with Crippen LogP contribution in [-0.2, 0) is 9.59 Å². The molecule has 0 aliphatic carbocycles. The summed E-state index contributed by atoms with van der Waals surface area (Å²) < 4.78 is 27.6. The van der Waals surface area contributed by atoms with Crippen molar-refractivity contribution in [1.29, 1.82) is 0 Å². The molecule has 1 saturated heterocycles. The van der Waals surface area contributed by atoms with Crippen LogP contribution in [0, 0.1) is 0 Å². The van der Waals surface area contributed by atoms with Gasteiger partial charge in [0.2, 0.25) is 0 Å². The second-order valence-electron chi connectivity index (χ2n) is 6.98. The second kappa shape index (κ2) is 11.3. The number of hydrogen-bond donors (Lipinski definition) is 2. The number of aliphatic hydroxyl groups excluding tert-OH is 1. The van der Waals surface area contributed by atoms with Crippen LogP contribution < -0.4 is 0 Å². The molecule has 0 unspecified atom stereocenters. The van der Waals surface area contributed by atoms with Gasteiger partial charge >= 0.3 is 11.9 Å². The topological polar surface area (TPSA) is 77.8 Å². The van der Waals surface area contributed by atoms with Crippen LogP contribution in [-0.4, -0.2) is 51.6 Å². The molecule has 0 aromatic rings. The molecule has 26 heavy (non-hydrogen) atoms. The largest absolute Gasteiger partial charge is 0.481 e. The van der Waals surface area contributed by atoms with E-state index < -0.39 is 36.4 Å². The molecule has 0 aromatic carbocycles. The van der Waals surface area contributed by atoms with E-state index in [1.165, 1.54) is 17.1 Å². The number of hydrogen-bond acceptors (Lipinski definition) is 3. The van der Waals surface area contributed by atoms with Crippen molar-refractivity contribution < 1.29 is 28.6 Å². The van der Waals surface area contributed by atoms with Crippen molar-refractivity contribution in [2.75, 3.05) is 6.54 Å². The zero-order valence-electron chi connectivity index (χ0n) is 15.5. The van der Waals surface area contributed by atoms with Crippen molar-refractivity contribution in [2.45, 2.75) is 89.2 Å². The fraction of sp³-hybridized carbons (Fsp3) is 0.789. The molecule has 1 rings (SSSR count). The van der Waals surface area contributed by atoms with Gasteiger partial charge in [0.15, 0.2) is 0 Å². The molecule has 1 heterocycles. The Morgan fingerprint density at radius 3 is 2.62 bits per heavy atom. The second-order valence-corrected chi connectivity index (χ2v) is 6.98. The van der Waals surface area contributed by atoms with Gasteiger partial charge in [-0.2, -0.15) is 8.78 Å². The number of amides is 1. The van der Waals surface area contributed by atoms with Crippen molar-refractivity contribution in [2.24, 2.45) is 0 Å². The lowest BCUT2D eigenvalue weighted by Crippen LogP contribution is -2.36. The van der Waals surface area contributed by atoms with Crippen molar-refractivity contribution in [3.8, 4) is 0 Å². The fourth-order valence-corrected chi connectivity index (χ4v) is 3.13. The van der Waals surface area contributed by atoms with Crippen LogP contribution in [0.3, 0.4) is 0 Å². The first kappa shape index (κ1) is 22.5. The van der Waals surface area contributed by atoms with Gasteiger partial charge in [0.25, 0.3) is 5.91 Å². The van der Waals surface area contributed by atoms with E-state index in [-0.39, 0.29) is 13.0 Å². The number of carbonyl (C=O) groups is 2. The Balaban J connectivity index is 2.48. The predicted molar refractivity (Wildman–Crippen MR) is 95.1 cm³/mol. The molecule has 1 amide bonds. The van der Waals surface area contributed by atoms with Gasteiger partial charge in [0.05, 0.1) is 12.1 Å². The van der Waals surface area contributed by atoms with Crippen LogP contribution in [0.1, 0.15) is 71.1 Å². The summed E-state index contributed by atoms with van der Waals surface area (Å²) in [5, 5.41) is 18.5. The van der Waals surface area contributed by atoms with Crippen LogP contribution in [0.25, 0.3) is 0 Å². The lowest BCUT2D eigenvalue weighted by Gasteiger charge is -2.22. The summed E-state index contributed by atoms with van der Waals surface area (Å²) in [5.74, 6) is -5.36. The molecule has 2 N–H and O–H groups in total. The Hall–Kier alpha value is -1.50. The minimum atomic E-state index is -3.36. The molecule has 5 nitrogen and oxygen atoms in total. The zero-order chi connectivity index (χ0) is 19.6. The minimum Gasteiger partial charge on any atom is -0.481 e. The number of aliphatic carboxylic acids is 1. The Morgan fingerprint density at radius 1 is 1.27 bits per heavy atom. The predicted octanol–water partition coefficient (Wildman–Crippen LogP) is 3.76. The Morgan fingerprint density at radius 2 is 1.96 bits per heavy atom. The van der Waals surface area contributed by atoms with E-state index in [1.807, 2.05) is 0 Å². The minimum absolute atomic E-state index is 0.0992. The van der Waals surface area contributed by atoms with Gasteiger partial charge in [0.1, 0.15) is 0 Å².